The van der Waals surface area contributed by atoms with Gasteiger partial charge in [-0.05, 0) is 31.2 Å². The molecular formula is C19H13FN2O4. The Morgan fingerprint density at radius 3 is 2.65 bits per heavy atom. The van der Waals surface area contributed by atoms with E-state index in [1.165, 1.54) is 25.1 Å². The van der Waals surface area contributed by atoms with Gasteiger partial charge in [0.1, 0.15) is 28.8 Å². The highest BCUT2D eigenvalue weighted by Gasteiger charge is 2.26. The molecule has 0 bridgehead atoms. The lowest BCUT2D eigenvalue weighted by Crippen LogP contribution is -2.15. The molecule has 6 nitrogen and oxygen atoms in total. The number of carbonyl (C=O) groups is 2. The number of hydrogen-bond donors (Lipinski definition) is 0. The topological polar surface area (TPSA) is 85.2 Å². The van der Waals surface area contributed by atoms with Crippen LogP contribution < -0.4 is 0 Å². The van der Waals surface area contributed by atoms with Crippen LogP contribution in [0.25, 0.3) is 5.88 Å². The molecule has 0 aliphatic rings. The second kappa shape index (κ2) is 7.07. The molecule has 0 spiro atoms. The first-order chi connectivity index (χ1) is 12.5. The highest BCUT2D eigenvalue weighted by Crippen LogP contribution is 2.26. The van der Waals surface area contributed by atoms with Crippen LogP contribution in [0.15, 0.2) is 53.2 Å². The number of rotatable bonds is 5. The third-order valence-electron chi connectivity index (χ3n) is 3.70. The van der Waals surface area contributed by atoms with Crippen LogP contribution in [-0.4, -0.2) is 22.9 Å². The zero-order valence-electron chi connectivity index (χ0n) is 13.7. The summed E-state index contributed by atoms with van der Waals surface area (Å²) in [6.45, 7) is 0.954. The number of carbonyl (C=O) groups excluding carboxylic acids is 2. The zero-order chi connectivity index (χ0) is 18.7. The van der Waals surface area contributed by atoms with Gasteiger partial charge in [-0.15, -0.1) is 0 Å². The Bertz CT molecular complexity index is 1010. The zero-order valence-corrected chi connectivity index (χ0v) is 13.7. The van der Waals surface area contributed by atoms with Crippen molar-refractivity contribution >= 4 is 11.8 Å². The fourth-order valence-corrected chi connectivity index (χ4v) is 2.48. The average molecular weight is 352 g/mol. The number of benzene rings is 1. The molecule has 26 heavy (non-hydrogen) atoms. The van der Waals surface area contributed by atoms with E-state index >= 15 is 0 Å². The summed E-state index contributed by atoms with van der Waals surface area (Å²) >= 11 is 0. The van der Waals surface area contributed by atoms with Crippen LogP contribution in [0.1, 0.15) is 32.0 Å². The predicted molar refractivity (Wildman–Crippen MR) is 88.5 cm³/mol. The standard InChI is InChI=1S/C19H13FN2O4/c1-12-17(15(10-21)18(26-12)22-7-2-3-8-22)19(24)25-11-16(23)13-5-4-6-14(20)9-13/h2-9H,11H2,1H3. The molecule has 0 aliphatic heterocycles. The maximum Gasteiger partial charge on any atom is 0.343 e. The molecule has 0 radical (unpaired) electrons. The monoisotopic (exact) mass is 352 g/mol. The number of nitriles is 1. The van der Waals surface area contributed by atoms with Gasteiger partial charge in [0, 0.05) is 18.0 Å². The fourth-order valence-electron chi connectivity index (χ4n) is 2.48. The summed E-state index contributed by atoms with van der Waals surface area (Å²) in [6.07, 6.45) is 3.34. The van der Waals surface area contributed by atoms with Crippen LogP contribution >= 0.6 is 0 Å². The Kier molecular flexibility index (Phi) is 4.67. The summed E-state index contributed by atoms with van der Waals surface area (Å²) in [7, 11) is 0. The molecule has 0 atom stereocenters. The molecule has 3 rings (SSSR count). The van der Waals surface area contributed by atoms with E-state index < -0.39 is 24.2 Å². The van der Waals surface area contributed by atoms with E-state index in [1.807, 2.05) is 6.07 Å². The molecule has 2 heterocycles. The van der Waals surface area contributed by atoms with Crippen molar-refractivity contribution in [1.29, 1.82) is 5.26 Å². The van der Waals surface area contributed by atoms with Crippen molar-refractivity contribution in [3.63, 3.8) is 0 Å². The molecule has 0 amide bonds. The van der Waals surface area contributed by atoms with E-state index in [1.54, 1.807) is 29.1 Å². The summed E-state index contributed by atoms with van der Waals surface area (Å²) in [4.78, 5) is 24.4. The van der Waals surface area contributed by atoms with Crippen molar-refractivity contribution in [1.82, 2.24) is 4.57 Å². The molecule has 130 valence electrons. The summed E-state index contributed by atoms with van der Waals surface area (Å²) in [5, 5.41) is 9.41. The first kappa shape index (κ1) is 17.2. The highest BCUT2D eigenvalue weighted by molar-refractivity contribution is 6.00. The van der Waals surface area contributed by atoms with Crippen LogP contribution in [0.3, 0.4) is 0 Å². The van der Waals surface area contributed by atoms with E-state index in [0.29, 0.717) is 0 Å². The first-order valence-corrected chi connectivity index (χ1v) is 7.64. The predicted octanol–water partition coefficient (Wildman–Crippen LogP) is 3.43. The number of nitrogens with zero attached hydrogens (tertiary/aromatic N) is 2. The SMILES string of the molecule is Cc1oc(-n2cccc2)c(C#N)c1C(=O)OCC(=O)c1cccc(F)c1. The smallest absolute Gasteiger partial charge is 0.343 e. The van der Waals surface area contributed by atoms with Crippen molar-refractivity contribution in [2.75, 3.05) is 6.61 Å². The minimum Gasteiger partial charge on any atom is -0.454 e. The molecule has 0 fully saturated rings. The molecule has 3 aromatic rings. The highest BCUT2D eigenvalue weighted by atomic mass is 19.1. The summed E-state index contributed by atoms with van der Waals surface area (Å²) in [5.41, 5.74) is 0.0698. The number of aryl methyl sites for hydroxylation is 1. The lowest BCUT2D eigenvalue weighted by atomic mass is 10.1. The van der Waals surface area contributed by atoms with Crippen LogP contribution in [0, 0.1) is 24.1 Å². The van der Waals surface area contributed by atoms with Crippen molar-refractivity contribution in [3.05, 3.63) is 77.1 Å². The first-order valence-electron chi connectivity index (χ1n) is 7.64. The van der Waals surface area contributed by atoms with Crippen LogP contribution in [0.4, 0.5) is 4.39 Å². The van der Waals surface area contributed by atoms with E-state index in [-0.39, 0.29) is 28.3 Å². The van der Waals surface area contributed by atoms with Gasteiger partial charge in [0.25, 0.3) is 0 Å². The van der Waals surface area contributed by atoms with Gasteiger partial charge >= 0.3 is 5.97 Å². The maximum atomic E-state index is 13.2. The summed E-state index contributed by atoms with van der Waals surface area (Å²) < 4.78 is 25.2. The van der Waals surface area contributed by atoms with Gasteiger partial charge in [-0.2, -0.15) is 5.26 Å². The Labute approximate surface area is 148 Å². The third-order valence-corrected chi connectivity index (χ3v) is 3.70. The fraction of sp³-hybridized carbons (Fsp3) is 0.105. The molecule has 0 N–H and O–H groups in total. The minimum atomic E-state index is -0.856. The number of hydrogen-bond acceptors (Lipinski definition) is 5. The molecule has 2 aromatic heterocycles. The largest absolute Gasteiger partial charge is 0.454 e. The summed E-state index contributed by atoms with van der Waals surface area (Å²) in [5.74, 6) is -1.57. The number of ether oxygens (including phenoxy) is 1. The Balaban J connectivity index is 1.80. The van der Waals surface area contributed by atoms with Crippen LogP contribution in [0.2, 0.25) is 0 Å². The molecule has 0 aliphatic carbocycles. The Morgan fingerprint density at radius 2 is 2.00 bits per heavy atom. The number of furan rings is 1. The normalized spacial score (nSPS) is 10.3. The van der Waals surface area contributed by atoms with Crippen molar-refractivity contribution < 1.29 is 23.1 Å². The Morgan fingerprint density at radius 1 is 1.27 bits per heavy atom. The minimum absolute atomic E-state index is 0.0157. The van der Waals surface area contributed by atoms with Gasteiger partial charge < -0.3 is 9.15 Å². The molecule has 7 heteroatoms. The van der Waals surface area contributed by atoms with Gasteiger partial charge in [0.15, 0.2) is 12.4 Å². The molecule has 0 saturated carbocycles. The maximum absolute atomic E-state index is 13.2. The van der Waals surface area contributed by atoms with Gasteiger partial charge in [-0.3, -0.25) is 9.36 Å². The lowest BCUT2D eigenvalue weighted by molar-refractivity contribution is 0.0472. The number of aromatic nitrogens is 1. The second-order valence-electron chi connectivity index (χ2n) is 5.43. The van der Waals surface area contributed by atoms with Gasteiger partial charge in [-0.25, -0.2) is 9.18 Å². The van der Waals surface area contributed by atoms with E-state index in [4.69, 9.17) is 9.15 Å². The van der Waals surface area contributed by atoms with Gasteiger partial charge in [0.2, 0.25) is 5.88 Å². The number of ketones is 1. The van der Waals surface area contributed by atoms with Crippen LogP contribution in [0.5, 0.6) is 0 Å². The molecular weight excluding hydrogens is 339 g/mol. The van der Waals surface area contributed by atoms with Crippen molar-refractivity contribution in [3.8, 4) is 12.0 Å². The molecule has 0 saturated heterocycles. The van der Waals surface area contributed by atoms with Crippen molar-refractivity contribution in [2.45, 2.75) is 6.92 Å². The lowest BCUT2D eigenvalue weighted by Gasteiger charge is -2.04. The summed E-state index contributed by atoms with van der Waals surface area (Å²) in [6, 6.07) is 10.5. The Hall–Kier alpha value is -3.66. The number of Topliss-reactive ketones (excluding diaryl/α,β-unsaturated/α-hetero) is 1. The average Bonchev–Trinajstić information content (AvgIpc) is 3.26. The van der Waals surface area contributed by atoms with E-state index in [2.05, 4.69) is 0 Å². The van der Waals surface area contributed by atoms with E-state index in [9.17, 15) is 19.2 Å². The van der Waals surface area contributed by atoms with Gasteiger partial charge in [0.05, 0.1) is 0 Å². The van der Waals surface area contributed by atoms with Gasteiger partial charge in [-0.1, -0.05) is 12.1 Å². The number of esters is 1. The van der Waals surface area contributed by atoms with Crippen molar-refractivity contribution in [2.24, 2.45) is 0 Å². The second-order valence-corrected chi connectivity index (χ2v) is 5.43. The van der Waals surface area contributed by atoms with E-state index in [0.717, 1.165) is 6.07 Å². The third kappa shape index (κ3) is 3.26. The quantitative estimate of drug-likeness (QED) is 0.519. The molecule has 0 unspecified atom stereocenters. The number of halogens is 1. The van der Waals surface area contributed by atoms with Crippen LogP contribution in [-0.2, 0) is 4.74 Å². The molecule has 1 aromatic carbocycles.